The van der Waals surface area contributed by atoms with E-state index in [0.717, 1.165) is 81.7 Å². The largest absolute Gasteiger partial charge is 0.371 e. The second kappa shape index (κ2) is 11.3. The topological polar surface area (TPSA) is 105 Å². The second-order valence-electron chi connectivity index (χ2n) is 10.7. The third-order valence-electron chi connectivity index (χ3n) is 8.46. The van der Waals surface area contributed by atoms with E-state index in [1.165, 1.54) is 13.6 Å². The molecule has 2 N–H and O–H groups in total. The molecule has 3 saturated heterocycles. The van der Waals surface area contributed by atoms with Crippen LogP contribution in [0, 0.1) is 5.92 Å². The number of rotatable bonds is 9. The van der Waals surface area contributed by atoms with Gasteiger partial charge in [0.2, 0.25) is 5.91 Å². The zero-order valence-corrected chi connectivity index (χ0v) is 21.7. The van der Waals surface area contributed by atoms with Gasteiger partial charge in [0, 0.05) is 84.1 Å². The Bertz CT molecular complexity index is 1030. The zero-order chi connectivity index (χ0) is 25.9. The van der Waals surface area contributed by atoms with Gasteiger partial charge in [-0.3, -0.25) is 24.2 Å². The molecule has 3 amide bonds. The summed E-state index contributed by atoms with van der Waals surface area (Å²) in [6.45, 7) is 9.92. The number of aldehydes is 1. The van der Waals surface area contributed by atoms with Crippen molar-refractivity contribution >= 4 is 29.7 Å². The third kappa shape index (κ3) is 5.28. The van der Waals surface area contributed by atoms with Crippen LogP contribution < -0.4 is 15.5 Å². The number of nitrogens with zero attached hydrogens (tertiary/aromatic N) is 4. The first-order valence-electron chi connectivity index (χ1n) is 13.6. The number of amides is 3. The number of anilines is 1. The van der Waals surface area contributed by atoms with Crippen molar-refractivity contribution in [2.45, 2.75) is 37.8 Å². The van der Waals surface area contributed by atoms with Gasteiger partial charge in [0.05, 0.1) is 11.1 Å². The molecule has 5 rings (SSSR count). The number of piperidine rings is 1. The van der Waals surface area contributed by atoms with Crippen LogP contribution in [-0.2, 0) is 9.59 Å². The van der Waals surface area contributed by atoms with Crippen molar-refractivity contribution in [3.05, 3.63) is 29.3 Å². The molecule has 4 aliphatic heterocycles. The fraction of sp³-hybridized carbons (Fsp3) is 0.630. The van der Waals surface area contributed by atoms with Crippen LogP contribution in [0.3, 0.4) is 0 Å². The summed E-state index contributed by atoms with van der Waals surface area (Å²) in [5.74, 6) is -0.564. The molecule has 1 unspecified atom stereocenters. The summed E-state index contributed by atoms with van der Waals surface area (Å²) in [5, 5.41) is 5.87. The molecule has 3 fully saturated rings. The van der Waals surface area contributed by atoms with Crippen molar-refractivity contribution in [1.82, 2.24) is 25.3 Å². The number of nitrogens with one attached hydrogen (secondary N) is 2. The highest BCUT2D eigenvalue weighted by Gasteiger charge is 2.42. The van der Waals surface area contributed by atoms with Crippen molar-refractivity contribution in [2.24, 2.45) is 5.92 Å². The Hall–Kier alpha value is -2.82. The standard InChI is InChI=1S/C27H38N6O4/c1-28-25(35)24(3-2-14-34)33-26(36)22-5-4-21(15-23(22)27(33)37)31-8-6-20(7-9-31)32-12-10-30(11-13-32)18-19-16-29-17-19/h4-5,14-15,19-20,24,29H,2-3,6-13,16-18H2,1H3,(H,28,35). The van der Waals surface area contributed by atoms with E-state index in [-0.39, 0.29) is 12.8 Å². The minimum Gasteiger partial charge on any atom is -0.371 e. The van der Waals surface area contributed by atoms with E-state index in [1.807, 2.05) is 6.07 Å². The van der Waals surface area contributed by atoms with Crippen molar-refractivity contribution < 1.29 is 19.2 Å². The maximum atomic E-state index is 13.2. The van der Waals surface area contributed by atoms with Crippen LogP contribution in [0.1, 0.15) is 46.4 Å². The molecule has 1 aromatic rings. The zero-order valence-electron chi connectivity index (χ0n) is 21.7. The molecule has 10 nitrogen and oxygen atoms in total. The molecule has 0 bridgehead atoms. The molecule has 4 heterocycles. The maximum absolute atomic E-state index is 13.2. The van der Waals surface area contributed by atoms with Crippen LogP contribution in [0.5, 0.6) is 0 Å². The minimum absolute atomic E-state index is 0.0960. The molecular weight excluding hydrogens is 472 g/mol. The van der Waals surface area contributed by atoms with Crippen LogP contribution in [0.4, 0.5) is 5.69 Å². The van der Waals surface area contributed by atoms with Crippen molar-refractivity contribution in [3.8, 4) is 0 Å². The Morgan fingerprint density at radius 3 is 2.38 bits per heavy atom. The fourth-order valence-electron chi connectivity index (χ4n) is 6.14. The van der Waals surface area contributed by atoms with Gasteiger partial charge in [-0.25, -0.2) is 0 Å². The van der Waals surface area contributed by atoms with Gasteiger partial charge in [-0.1, -0.05) is 0 Å². The predicted molar refractivity (Wildman–Crippen MR) is 140 cm³/mol. The summed E-state index contributed by atoms with van der Waals surface area (Å²) in [6, 6.07) is 5.00. The first kappa shape index (κ1) is 25.8. The lowest BCUT2D eigenvalue weighted by atomic mass is 9.99. The SMILES string of the molecule is CNC(=O)C(CCC=O)N1C(=O)c2ccc(N3CCC(N4CCN(CC5CNC5)CC4)CC3)cc2C1=O. The molecule has 0 spiro atoms. The summed E-state index contributed by atoms with van der Waals surface area (Å²) >= 11 is 0. The summed E-state index contributed by atoms with van der Waals surface area (Å²) in [5.41, 5.74) is 1.59. The Morgan fingerprint density at radius 2 is 1.76 bits per heavy atom. The van der Waals surface area contributed by atoms with Crippen LogP contribution in [0.15, 0.2) is 18.2 Å². The van der Waals surface area contributed by atoms with E-state index in [0.29, 0.717) is 23.5 Å². The number of hydrogen-bond acceptors (Lipinski definition) is 8. The van der Waals surface area contributed by atoms with Crippen molar-refractivity contribution in [3.63, 3.8) is 0 Å². The number of carbonyl (C=O) groups is 4. The molecule has 1 atom stereocenters. The molecular formula is C27H38N6O4. The normalized spacial score (nSPS) is 22.6. The van der Waals surface area contributed by atoms with Gasteiger partial charge in [0.15, 0.2) is 0 Å². The predicted octanol–water partition coefficient (Wildman–Crippen LogP) is 0.182. The third-order valence-corrected chi connectivity index (χ3v) is 8.46. The van der Waals surface area contributed by atoms with E-state index in [2.05, 4.69) is 25.3 Å². The molecule has 0 saturated carbocycles. The van der Waals surface area contributed by atoms with Gasteiger partial charge in [0.25, 0.3) is 11.8 Å². The lowest BCUT2D eigenvalue weighted by molar-refractivity contribution is -0.124. The molecule has 37 heavy (non-hydrogen) atoms. The molecule has 0 aliphatic carbocycles. The van der Waals surface area contributed by atoms with E-state index < -0.39 is 23.8 Å². The first-order chi connectivity index (χ1) is 18.0. The van der Waals surface area contributed by atoms with Gasteiger partial charge in [-0.15, -0.1) is 0 Å². The number of likely N-dealkylation sites (N-methyl/N-ethyl adjacent to an activating group) is 1. The summed E-state index contributed by atoms with van der Waals surface area (Å²) in [6.07, 6.45) is 3.06. The van der Waals surface area contributed by atoms with Crippen molar-refractivity contribution in [1.29, 1.82) is 0 Å². The highest BCUT2D eigenvalue weighted by atomic mass is 16.2. The second-order valence-corrected chi connectivity index (χ2v) is 10.7. The fourth-order valence-corrected chi connectivity index (χ4v) is 6.14. The number of imide groups is 1. The molecule has 10 heteroatoms. The molecule has 0 aromatic heterocycles. The van der Waals surface area contributed by atoms with Gasteiger partial charge < -0.3 is 25.2 Å². The van der Waals surface area contributed by atoms with Crippen LogP contribution in [0.25, 0.3) is 0 Å². The number of piperazine rings is 1. The summed E-state index contributed by atoms with van der Waals surface area (Å²) in [7, 11) is 1.46. The smallest absolute Gasteiger partial charge is 0.262 e. The Morgan fingerprint density at radius 1 is 1.05 bits per heavy atom. The quantitative estimate of drug-likeness (QED) is 0.358. The van der Waals surface area contributed by atoms with E-state index in [9.17, 15) is 19.2 Å². The van der Waals surface area contributed by atoms with Gasteiger partial charge in [0.1, 0.15) is 12.3 Å². The maximum Gasteiger partial charge on any atom is 0.262 e. The highest BCUT2D eigenvalue weighted by Crippen LogP contribution is 2.31. The Kier molecular flexibility index (Phi) is 7.87. The number of benzene rings is 1. The minimum atomic E-state index is -0.993. The number of carbonyl (C=O) groups excluding carboxylic acids is 4. The van der Waals surface area contributed by atoms with Crippen LogP contribution >= 0.6 is 0 Å². The molecule has 4 aliphatic rings. The molecule has 1 aromatic carbocycles. The van der Waals surface area contributed by atoms with Crippen LogP contribution in [0.2, 0.25) is 0 Å². The Labute approximate surface area is 218 Å². The highest BCUT2D eigenvalue weighted by molar-refractivity contribution is 6.23. The first-order valence-corrected chi connectivity index (χ1v) is 13.6. The van der Waals surface area contributed by atoms with E-state index in [1.54, 1.807) is 12.1 Å². The van der Waals surface area contributed by atoms with Crippen LogP contribution in [-0.4, -0.2) is 117 Å². The lowest BCUT2D eigenvalue weighted by Crippen LogP contribution is -2.56. The average molecular weight is 511 g/mol. The summed E-state index contributed by atoms with van der Waals surface area (Å²) in [4.78, 5) is 58.2. The van der Waals surface area contributed by atoms with Gasteiger partial charge in [-0.2, -0.15) is 0 Å². The van der Waals surface area contributed by atoms with Crippen molar-refractivity contribution in [2.75, 3.05) is 70.9 Å². The monoisotopic (exact) mass is 510 g/mol. The lowest BCUT2D eigenvalue weighted by Gasteiger charge is -2.44. The average Bonchev–Trinajstić information content (AvgIpc) is 3.16. The molecule has 200 valence electrons. The van der Waals surface area contributed by atoms with Gasteiger partial charge >= 0.3 is 0 Å². The number of fused-ring (bicyclic) bond motifs is 1. The van der Waals surface area contributed by atoms with Gasteiger partial charge in [-0.05, 0) is 43.4 Å². The van der Waals surface area contributed by atoms with E-state index in [4.69, 9.17) is 0 Å². The summed E-state index contributed by atoms with van der Waals surface area (Å²) < 4.78 is 0. The molecule has 0 radical (unpaired) electrons. The van der Waals surface area contributed by atoms with E-state index >= 15 is 0 Å². The Balaban J connectivity index is 1.19. The number of hydrogen-bond donors (Lipinski definition) is 2.